The maximum absolute atomic E-state index is 13.8. The van der Waals surface area contributed by atoms with Gasteiger partial charge in [-0.15, -0.1) is 0 Å². The Bertz CT molecular complexity index is 1550. The Hall–Kier alpha value is -4.57. The van der Waals surface area contributed by atoms with E-state index in [0.29, 0.717) is 0 Å². The zero-order valence-electron chi connectivity index (χ0n) is 27.3. The molecule has 3 atom stereocenters. The molecule has 244 valence electrons. The molecule has 0 unspecified atom stereocenters. The van der Waals surface area contributed by atoms with Gasteiger partial charge in [0.1, 0.15) is 18.3 Å². The second kappa shape index (κ2) is 13.4. The molecule has 0 saturated carbocycles. The van der Waals surface area contributed by atoms with Crippen LogP contribution in [0.1, 0.15) is 62.0 Å². The number of nitrogens with zero attached hydrogens (tertiary/aromatic N) is 2. The highest BCUT2D eigenvalue weighted by molar-refractivity contribution is 6.01. The van der Waals surface area contributed by atoms with Crippen molar-refractivity contribution in [2.75, 3.05) is 38.7 Å². The van der Waals surface area contributed by atoms with E-state index < -0.39 is 29.9 Å². The molecular formula is C36H43N3O7. The molecule has 0 bridgehead atoms. The van der Waals surface area contributed by atoms with E-state index in [9.17, 15) is 19.5 Å². The highest BCUT2D eigenvalue weighted by Gasteiger charge is 2.36. The van der Waals surface area contributed by atoms with Gasteiger partial charge in [-0.3, -0.25) is 10.1 Å². The molecule has 10 nitrogen and oxygen atoms in total. The summed E-state index contributed by atoms with van der Waals surface area (Å²) in [6.45, 7) is 9.42. The average molecular weight is 630 g/mol. The van der Waals surface area contributed by atoms with Crippen molar-refractivity contribution in [3.05, 3.63) is 83.4 Å². The standard InChI is InChI=1S/C36H43N3O7/c1-22-18-39(23(2)20-40)33(41)28-16-11-17-30(32(28)45-31(22)19-38(6)35(43)46-36(3,4)5)37-34(42)44-21-29-26-14-9-7-12-24(26)25-13-8-10-15-27(25)29/h7-17,22-23,29,31,40H,18-21H2,1-6H3,(H,37,42)/t22-,23+,31+/m1/s1. The van der Waals surface area contributed by atoms with E-state index in [1.165, 1.54) is 4.90 Å². The van der Waals surface area contributed by atoms with Crippen LogP contribution in [-0.4, -0.2) is 84.1 Å². The van der Waals surface area contributed by atoms with Crippen molar-refractivity contribution in [3.63, 3.8) is 0 Å². The first kappa shape index (κ1) is 32.8. The van der Waals surface area contributed by atoms with Gasteiger partial charge in [0, 0.05) is 25.4 Å². The fourth-order valence-electron chi connectivity index (χ4n) is 5.99. The number of likely N-dealkylation sites (N-methyl/N-ethyl adjacent to an activating group) is 1. The zero-order valence-corrected chi connectivity index (χ0v) is 27.3. The lowest BCUT2D eigenvalue weighted by atomic mass is 9.98. The van der Waals surface area contributed by atoms with Crippen LogP contribution in [0.4, 0.5) is 15.3 Å². The van der Waals surface area contributed by atoms with Crippen molar-refractivity contribution >= 4 is 23.8 Å². The molecule has 5 rings (SSSR count). The van der Waals surface area contributed by atoms with Gasteiger partial charge in [0.15, 0.2) is 5.75 Å². The largest absolute Gasteiger partial charge is 0.485 e. The van der Waals surface area contributed by atoms with Crippen LogP contribution in [0.25, 0.3) is 11.1 Å². The molecule has 0 spiro atoms. The van der Waals surface area contributed by atoms with Crippen LogP contribution in [0.15, 0.2) is 66.7 Å². The average Bonchev–Trinajstić information content (AvgIpc) is 3.34. The topological polar surface area (TPSA) is 118 Å². The van der Waals surface area contributed by atoms with Crippen LogP contribution in [0, 0.1) is 5.92 Å². The molecule has 1 aliphatic carbocycles. The highest BCUT2D eigenvalue weighted by Crippen LogP contribution is 2.44. The maximum atomic E-state index is 13.8. The van der Waals surface area contributed by atoms with Crippen molar-refractivity contribution in [2.45, 2.75) is 58.3 Å². The molecule has 3 aromatic carbocycles. The molecule has 0 aromatic heterocycles. The first-order chi connectivity index (χ1) is 21.9. The number of benzene rings is 3. The number of hydrogen-bond donors (Lipinski definition) is 2. The predicted octanol–water partition coefficient (Wildman–Crippen LogP) is 6.13. The molecular weight excluding hydrogens is 586 g/mol. The first-order valence-corrected chi connectivity index (χ1v) is 15.7. The summed E-state index contributed by atoms with van der Waals surface area (Å²) in [6.07, 6.45) is -1.78. The number of hydrogen-bond acceptors (Lipinski definition) is 7. The highest BCUT2D eigenvalue weighted by atomic mass is 16.6. The predicted molar refractivity (Wildman–Crippen MR) is 175 cm³/mol. The number of carbonyl (C=O) groups excluding carboxylic acids is 3. The summed E-state index contributed by atoms with van der Waals surface area (Å²) in [6, 6.07) is 20.7. The van der Waals surface area contributed by atoms with Crippen LogP contribution in [0.3, 0.4) is 0 Å². The third kappa shape index (κ3) is 6.97. The number of nitrogens with one attached hydrogen (secondary N) is 1. The van der Waals surface area contributed by atoms with E-state index in [1.54, 1.807) is 57.8 Å². The molecule has 0 saturated heterocycles. The minimum Gasteiger partial charge on any atom is -0.485 e. The monoisotopic (exact) mass is 629 g/mol. The number of carbonyl (C=O) groups is 3. The van der Waals surface area contributed by atoms with Crippen molar-refractivity contribution in [1.29, 1.82) is 0 Å². The quantitative estimate of drug-likeness (QED) is 0.323. The fourth-order valence-corrected chi connectivity index (χ4v) is 5.99. The van der Waals surface area contributed by atoms with Gasteiger partial charge in [-0.2, -0.15) is 0 Å². The SMILES string of the molecule is C[C@@H]1CN([C@@H](C)CO)C(=O)c2cccc(NC(=O)OCC3c4ccccc4-c4ccccc43)c2O[C@H]1CN(C)C(=O)OC(C)(C)C. The molecule has 1 heterocycles. The van der Waals surface area contributed by atoms with E-state index in [2.05, 4.69) is 29.6 Å². The molecule has 46 heavy (non-hydrogen) atoms. The summed E-state index contributed by atoms with van der Waals surface area (Å²) in [5.41, 5.74) is 4.26. The summed E-state index contributed by atoms with van der Waals surface area (Å²) < 4.78 is 17.8. The molecule has 1 aliphatic heterocycles. The lowest BCUT2D eigenvalue weighted by Gasteiger charge is -2.38. The van der Waals surface area contributed by atoms with Crippen molar-refractivity contribution < 1.29 is 33.7 Å². The van der Waals surface area contributed by atoms with E-state index in [0.717, 1.165) is 22.3 Å². The van der Waals surface area contributed by atoms with Gasteiger partial charge in [0.2, 0.25) is 0 Å². The smallest absolute Gasteiger partial charge is 0.411 e. The Morgan fingerprint density at radius 1 is 1.02 bits per heavy atom. The van der Waals surface area contributed by atoms with Gasteiger partial charge in [-0.1, -0.05) is 61.5 Å². The van der Waals surface area contributed by atoms with Gasteiger partial charge in [-0.05, 0) is 62.1 Å². The number of para-hydroxylation sites is 1. The van der Waals surface area contributed by atoms with E-state index in [4.69, 9.17) is 14.2 Å². The molecule has 0 radical (unpaired) electrons. The zero-order chi connectivity index (χ0) is 33.2. The van der Waals surface area contributed by atoms with Crippen molar-refractivity contribution in [2.24, 2.45) is 5.92 Å². The second-order valence-electron chi connectivity index (χ2n) is 13.1. The van der Waals surface area contributed by atoms with E-state index in [-0.39, 0.29) is 61.0 Å². The van der Waals surface area contributed by atoms with Gasteiger partial charge in [-0.25, -0.2) is 9.59 Å². The summed E-state index contributed by atoms with van der Waals surface area (Å²) in [5, 5.41) is 12.8. The Kier molecular flexibility index (Phi) is 9.58. The number of aliphatic hydroxyl groups is 1. The van der Waals surface area contributed by atoms with Crippen LogP contribution < -0.4 is 10.1 Å². The number of amides is 3. The van der Waals surface area contributed by atoms with Gasteiger partial charge >= 0.3 is 12.2 Å². The summed E-state index contributed by atoms with van der Waals surface area (Å²) in [7, 11) is 1.63. The minimum absolute atomic E-state index is 0.116. The van der Waals surface area contributed by atoms with Crippen LogP contribution in [0.5, 0.6) is 5.75 Å². The maximum Gasteiger partial charge on any atom is 0.411 e. The van der Waals surface area contributed by atoms with E-state index >= 15 is 0 Å². The number of fused-ring (bicyclic) bond motifs is 4. The van der Waals surface area contributed by atoms with Crippen LogP contribution in [-0.2, 0) is 9.47 Å². The summed E-state index contributed by atoms with van der Waals surface area (Å²) in [4.78, 5) is 43.0. The molecule has 0 fully saturated rings. The Morgan fingerprint density at radius 3 is 2.24 bits per heavy atom. The fraction of sp³-hybridized carbons (Fsp3) is 0.417. The van der Waals surface area contributed by atoms with Gasteiger partial charge < -0.3 is 29.1 Å². The van der Waals surface area contributed by atoms with Crippen molar-refractivity contribution in [1.82, 2.24) is 9.80 Å². The van der Waals surface area contributed by atoms with Crippen LogP contribution in [0.2, 0.25) is 0 Å². The normalized spacial score (nSPS) is 18.2. The third-order valence-corrected chi connectivity index (χ3v) is 8.43. The molecule has 2 aliphatic rings. The Morgan fingerprint density at radius 2 is 1.63 bits per heavy atom. The lowest BCUT2D eigenvalue weighted by Crippen LogP contribution is -2.50. The molecule has 3 aromatic rings. The van der Waals surface area contributed by atoms with E-state index in [1.807, 2.05) is 31.2 Å². The molecule has 3 amide bonds. The second-order valence-corrected chi connectivity index (χ2v) is 13.1. The third-order valence-electron chi connectivity index (χ3n) is 8.43. The summed E-state index contributed by atoms with van der Waals surface area (Å²) >= 11 is 0. The minimum atomic E-state index is -0.690. The Balaban J connectivity index is 1.39. The van der Waals surface area contributed by atoms with Gasteiger partial charge in [0.25, 0.3) is 5.91 Å². The number of anilines is 1. The first-order valence-electron chi connectivity index (χ1n) is 15.7. The molecule has 10 heteroatoms. The van der Waals surface area contributed by atoms with Gasteiger partial charge in [0.05, 0.1) is 30.4 Å². The number of ether oxygens (including phenoxy) is 3. The summed E-state index contributed by atoms with van der Waals surface area (Å²) in [5.74, 6) is -0.531. The number of aliphatic hydroxyl groups excluding tert-OH is 1. The van der Waals surface area contributed by atoms with Crippen molar-refractivity contribution in [3.8, 4) is 16.9 Å². The van der Waals surface area contributed by atoms with Crippen LogP contribution >= 0.6 is 0 Å². The Labute approximate surface area is 270 Å². The molecule has 2 N–H and O–H groups in total. The lowest BCUT2D eigenvalue weighted by molar-refractivity contribution is 0.0113. The number of rotatable bonds is 7.